The van der Waals surface area contributed by atoms with Crippen LogP contribution in [0.3, 0.4) is 0 Å². The quantitative estimate of drug-likeness (QED) is 0.741. The molecule has 150 valence electrons. The maximum atomic E-state index is 13.0. The fourth-order valence-corrected chi connectivity index (χ4v) is 3.19. The van der Waals surface area contributed by atoms with Crippen LogP contribution in [0.4, 0.5) is 13.2 Å². The second-order valence-electron chi connectivity index (χ2n) is 6.57. The van der Waals surface area contributed by atoms with E-state index in [-0.39, 0.29) is 11.7 Å². The van der Waals surface area contributed by atoms with Crippen LogP contribution >= 0.6 is 11.6 Å². The van der Waals surface area contributed by atoms with Gasteiger partial charge < -0.3 is 9.64 Å². The van der Waals surface area contributed by atoms with Gasteiger partial charge in [0.1, 0.15) is 5.75 Å². The maximum Gasteiger partial charge on any atom is 0.419 e. The van der Waals surface area contributed by atoms with Gasteiger partial charge in [-0.15, -0.1) is 0 Å². The van der Waals surface area contributed by atoms with Crippen LogP contribution in [0.2, 0.25) is 5.02 Å². The van der Waals surface area contributed by atoms with Gasteiger partial charge in [0.2, 0.25) is 0 Å². The molecule has 8 heteroatoms. The van der Waals surface area contributed by atoms with Gasteiger partial charge in [-0.2, -0.15) is 13.2 Å². The number of hydrogen-bond donors (Lipinski definition) is 0. The maximum absolute atomic E-state index is 13.0. The van der Waals surface area contributed by atoms with E-state index in [1.54, 1.807) is 4.90 Å². The number of carbonyl (C=O) groups excluding carboxylic acids is 1. The highest BCUT2D eigenvalue weighted by molar-refractivity contribution is 6.30. The number of rotatable bonds is 5. The zero-order valence-electron chi connectivity index (χ0n) is 15.1. The summed E-state index contributed by atoms with van der Waals surface area (Å²) >= 11 is 5.89. The molecule has 2 aromatic rings. The van der Waals surface area contributed by atoms with E-state index in [0.29, 0.717) is 31.2 Å². The number of nitrogens with zero attached hydrogens (tertiary/aromatic N) is 2. The van der Waals surface area contributed by atoms with Gasteiger partial charge in [0.25, 0.3) is 5.91 Å². The van der Waals surface area contributed by atoms with Crippen molar-refractivity contribution >= 4 is 17.5 Å². The van der Waals surface area contributed by atoms with Crippen molar-refractivity contribution in [1.82, 2.24) is 9.80 Å². The van der Waals surface area contributed by atoms with E-state index in [4.69, 9.17) is 16.3 Å². The van der Waals surface area contributed by atoms with Gasteiger partial charge in [0.15, 0.2) is 6.61 Å². The molecule has 1 aliphatic rings. The number of carbonyl (C=O) groups is 1. The van der Waals surface area contributed by atoms with Gasteiger partial charge in [-0.05, 0) is 29.8 Å². The third-order valence-electron chi connectivity index (χ3n) is 4.59. The molecule has 0 radical (unpaired) electrons. The van der Waals surface area contributed by atoms with Crippen LogP contribution in [-0.4, -0.2) is 48.5 Å². The molecule has 1 heterocycles. The molecule has 1 amide bonds. The summed E-state index contributed by atoms with van der Waals surface area (Å²) in [4.78, 5) is 16.2. The van der Waals surface area contributed by atoms with Crippen molar-refractivity contribution in [1.29, 1.82) is 0 Å². The molecule has 0 N–H and O–H groups in total. The number of piperazine rings is 1. The molecular formula is C20H20ClF3N2O2. The number of benzene rings is 2. The van der Waals surface area contributed by atoms with Crippen molar-refractivity contribution in [3.63, 3.8) is 0 Å². The highest BCUT2D eigenvalue weighted by Gasteiger charge is 2.34. The van der Waals surface area contributed by atoms with E-state index in [0.717, 1.165) is 18.2 Å². The molecule has 0 spiro atoms. The van der Waals surface area contributed by atoms with E-state index < -0.39 is 18.3 Å². The highest BCUT2D eigenvalue weighted by Crippen LogP contribution is 2.35. The van der Waals surface area contributed by atoms with Crippen LogP contribution in [0.1, 0.15) is 11.1 Å². The summed E-state index contributed by atoms with van der Waals surface area (Å²) in [5, 5.41) is 0.686. The molecule has 1 saturated heterocycles. The Morgan fingerprint density at radius 3 is 2.29 bits per heavy atom. The van der Waals surface area contributed by atoms with E-state index in [9.17, 15) is 18.0 Å². The molecule has 0 unspecified atom stereocenters. The van der Waals surface area contributed by atoms with Gasteiger partial charge in [0.05, 0.1) is 5.56 Å². The Bertz CT molecular complexity index is 804. The van der Waals surface area contributed by atoms with Crippen molar-refractivity contribution < 1.29 is 22.7 Å². The number of alkyl halides is 3. The lowest BCUT2D eigenvalue weighted by Gasteiger charge is -2.34. The van der Waals surface area contributed by atoms with Crippen molar-refractivity contribution in [3.05, 3.63) is 64.7 Å². The first-order valence-corrected chi connectivity index (χ1v) is 9.24. The van der Waals surface area contributed by atoms with Crippen LogP contribution in [0.15, 0.2) is 48.5 Å². The SMILES string of the molecule is O=C(COc1ccccc1C(F)(F)F)N1CCN(Cc2ccc(Cl)cc2)CC1. The van der Waals surface area contributed by atoms with Crippen LogP contribution in [0.25, 0.3) is 0 Å². The molecule has 3 rings (SSSR count). The highest BCUT2D eigenvalue weighted by atomic mass is 35.5. The van der Waals surface area contributed by atoms with E-state index in [2.05, 4.69) is 4.90 Å². The zero-order valence-corrected chi connectivity index (χ0v) is 15.8. The largest absolute Gasteiger partial charge is 0.483 e. The molecule has 2 aromatic carbocycles. The molecule has 0 atom stereocenters. The Morgan fingerprint density at radius 2 is 1.64 bits per heavy atom. The van der Waals surface area contributed by atoms with Gasteiger partial charge in [-0.25, -0.2) is 0 Å². The average Bonchev–Trinajstić information content (AvgIpc) is 2.68. The Balaban J connectivity index is 1.49. The minimum atomic E-state index is -4.52. The van der Waals surface area contributed by atoms with Crippen LogP contribution < -0.4 is 4.74 Å². The van der Waals surface area contributed by atoms with Crippen molar-refractivity contribution in [2.24, 2.45) is 0 Å². The zero-order chi connectivity index (χ0) is 20.1. The standard InChI is InChI=1S/C20H20ClF3N2O2/c21-16-7-5-15(6-8-16)13-25-9-11-26(12-10-25)19(27)14-28-18-4-2-1-3-17(18)20(22,23)24/h1-8H,9-14H2. The predicted octanol–water partition coefficient (Wildman–Crippen LogP) is 4.08. The number of para-hydroxylation sites is 1. The minimum absolute atomic E-state index is 0.317. The number of hydrogen-bond acceptors (Lipinski definition) is 3. The molecule has 1 fully saturated rings. The normalized spacial score (nSPS) is 15.5. The summed E-state index contributed by atoms with van der Waals surface area (Å²) < 4.78 is 44.1. The summed E-state index contributed by atoms with van der Waals surface area (Å²) in [6, 6.07) is 12.5. The Hall–Kier alpha value is -2.25. The summed E-state index contributed by atoms with van der Waals surface area (Å²) in [5.41, 5.74) is 0.256. The fourth-order valence-electron chi connectivity index (χ4n) is 3.06. The van der Waals surface area contributed by atoms with E-state index in [1.807, 2.05) is 24.3 Å². The van der Waals surface area contributed by atoms with Gasteiger partial charge in [0, 0.05) is 37.7 Å². The summed E-state index contributed by atoms with van der Waals surface area (Å²) in [5.74, 6) is -0.646. The topological polar surface area (TPSA) is 32.8 Å². The van der Waals surface area contributed by atoms with Crippen LogP contribution in [-0.2, 0) is 17.5 Å². The summed E-state index contributed by atoms with van der Waals surface area (Å²) in [6.07, 6.45) is -4.52. The lowest BCUT2D eigenvalue weighted by Crippen LogP contribution is -2.49. The fraction of sp³-hybridized carbons (Fsp3) is 0.350. The number of halogens is 4. The molecule has 0 bridgehead atoms. The smallest absolute Gasteiger partial charge is 0.419 e. The predicted molar refractivity (Wildman–Crippen MR) is 100 cm³/mol. The van der Waals surface area contributed by atoms with Crippen molar-refractivity contribution in [3.8, 4) is 5.75 Å². The molecule has 4 nitrogen and oxygen atoms in total. The molecule has 1 aliphatic heterocycles. The van der Waals surface area contributed by atoms with Gasteiger partial charge in [-0.1, -0.05) is 35.9 Å². The molecule has 0 aromatic heterocycles. The van der Waals surface area contributed by atoms with Crippen LogP contribution in [0.5, 0.6) is 5.75 Å². The number of ether oxygens (including phenoxy) is 1. The number of amides is 1. The third-order valence-corrected chi connectivity index (χ3v) is 4.84. The minimum Gasteiger partial charge on any atom is -0.483 e. The first-order valence-electron chi connectivity index (χ1n) is 8.86. The third kappa shape index (κ3) is 5.39. The monoisotopic (exact) mass is 412 g/mol. The molecular weight excluding hydrogens is 393 g/mol. The summed E-state index contributed by atoms with van der Waals surface area (Å²) in [7, 11) is 0. The van der Waals surface area contributed by atoms with Crippen molar-refractivity contribution in [2.75, 3.05) is 32.8 Å². The van der Waals surface area contributed by atoms with Crippen molar-refractivity contribution in [2.45, 2.75) is 12.7 Å². The Morgan fingerprint density at radius 1 is 1.00 bits per heavy atom. The average molecular weight is 413 g/mol. The van der Waals surface area contributed by atoms with E-state index in [1.165, 1.54) is 18.2 Å². The molecule has 0 aliphatic carbocycles. The lowest BCUT2D eigenvalue weighted by molar-refractivity contribution is -0.141. The van der Waals surface area contributed by atoms with E-state index >= 15 is 0 Å². The Labute approximate surface area is 166 Å². The first kappa shape index (κ1) is 20.5. The lowest BCUT2D eigenvalue weighted by atomic mass is 10.2. The first-order chi connectivity index (χ1) is 13.3. The van der Waals surface area contributed by atoms with Crippen LogP contribution in [0, 0.1) is 0 Å². The second kappa shape index (κ2) is 8.84. The second-order valence-corrected chi connectivity index (χ2v) is 7.00. The summed E-state index contributed by atoms with van der Waals surface area (Å²) in [6.45, 7) is 2.74. The van der Waals surface area contributed by atoms with Gasteiger partial charge >= 0.3 is 6.18 Å². The molecule has 0 saturated carbocycles. The Kier molecular flexibility index (Phi) is 6.46. The molecule has 28 heavy (non-hydrogen) atoms. The van der Waals surface area contributed by atoms with Gasteiger partial charge in [-0.3, -0.25) is 9.69 Å².